The largest absolute Gasteiger partial charge is 0.508 e. The van der Waals surface area contributed by atoms with Crippen LogP contribution < -0.4 is 0 Å². The van der Waals surface area contributed by atoms with Gasteiger partial charge in [-0.05, 0) is 12.8 Å². The van der Waals surface area contributed by atoms with E-state index in [1.807, 2.05) is 0 Å². The SMILES string of the molecule is COC(=O)CCCOC(=O)OCCCC(=O)CO. The van der Waals surface area contributed by atoms with Crippen molar-refractivity contribution < 1.29 is 33.7 Å². The molecule has 0 aromatic carbocycles. The van der Waals surface area contributed by atoms with Gasteiger partial charge in [0.05, 0.1) is 20.3 Å². The molecule has 0 aromatic rings. The molecule has 0 saturated heterocycles. The Morgan fingerprint density at radius 2 is 1.56 bits per heavy atom. The smallest absolute Gasteiger partial charge is 0.469 e. The monoisotopic (exact) mass is 262 g/mol. The van der Waals surface area contributed by atoms with Crippen LogP contribution in [0.1, 0.15) is 25.7 Å². The molecule has 0 spiro atoms. The number of carbonyl (C=O) groups excluding carboxylic acids is 3. The molecule has 1 N–H and O–H groups in total. The highest BCUT2D eigenvalue weighted by Crippen LogP contribution is 1.97. The average molecular weight is 262 g/mol. The van der Waals surface area contributed by atoms with E-state index < -0.39 is 12.8 Å². The van der Waals surface area contributed by atoms with E-state index in [1.54, 1.807) is 0 Å². The first kappa shape index (κ1) is 16.4. The Bertz CT molecular complexity index is 249. The maximum atomic E-state index is 11.0. The Morgan fingerprint density at radius 3 is 2.06 bits per heavy atom. The molecule has 0 bridgehead atoms. The highest BCUT2D eigenvalue weighted by molar-refractivity contribution is 5.79. The van der Waals surface area contributed by atoms with E-state index >= 15 is 0 Å². The summed E-state index contributed by atoms with van der Waals surface area (Å²) in [5, 5.41) is 8.43. The third kappa shape index (κ3) is 9.59. The Hall–Kier alpha value is -1.63. The molecule has 18 heavy (non-hydrogen) atoms. The van der Waals surface area contributed by atoms with Crippen LogP contribution in [-0.2, 0) is 23.8 Å². The molecule has 0 radical (unpaired) electrons. The zero-order valence-electron chi connectivity index (χ0n) is 10.3. The van der Waals surface area contributed by atoms with Crippen LogP contribution in [0, 0.1) is 0 Å². The lowest BCUT2D eigenvalue weighted by atomic mass is 10.2. The number of rotatable bonds is 9. The van der Waals surface area contributed by atoms with Gasteiger partial charge in [0.15, 0.2) is 5.78 Å². The topological polar surface area (TPSA) is 99.1 Å². The summed E-state index contributed by atoms with van der Waals surface area (Å²) in [6, 6.07) is 0. The van der Waals surface area contributed by atoms with E-state index in [2.05, 4.69) is 14.2 Å². The fourth-order valence-electron chi connectivity index (χ4n) is 1.02. The maximum Gasteiger partial charge on any atom is 0.508 e. The van der Waals surface area contributed by atoms with Gasteiger partial charge in [0.25, 0.3) is 0 Å². The van der Waals surface area contributed by atoms with Crippen LogP contribution >= 0.6 is 0 Å². The Morgan fingerprint density at radius 1 is 1.00 bits per heavy atom. The summed E-state index contributed by atoms with van der Waals surface area (Å²) in [4.78, 5) is 32.4. The van der Waals surface area contributed by atoms with Crippen molar-refractivity contribution in [3.8, 4) is 0 Å². The zero-order chi connectivity index (χ0) is 13.8. The summed E-state index contributed by atoms with van der Waals surface area (Å²) in [6.45, 7) is -0.372. The van der Waals surface area contributed by atoms with Crippen LogP contribution in [0.15, 0.2) is 0 Å². The maximum absolute atomic E-state index is 11.0. The first-order valence-electron chi connectivity index (χ1n) is 5.59. The quantitative estimate of drug-likeness (QED) is 0.475. The molecule has 7 heteroatoms. The molecule has 7 nitrogen and oxygen atoms in total. The zero-order valence-corrected chi connectivity index (χ0v) is 10.3. The lowest BCUT2D eigenvalue weighted by Crippen LogP contribution is -2.12. The van der Waals surface area contributed by atoms with Gasteiger partial charge in [0, 0.05) is 12.8 Å². The summed E-state index contributed by atoms with van der Waals surface area (Å²) in [5.41, 5.74) is 0. The van der Waals surface area contributed by atoms with Crippen molar-refractivity contribution in [2.45, 2.75) is 25.7 Å². The van der Waals surface area contributed by atoms with Gasteiger partial charge in [-0.3, -0.25) is 9.59 Å². The van der Waals surface area contributed by atoms with Gasteiger partial charge in [-0.2, -0.15) is 0 Å². The van der Waals surface area contributed by atoms with E-state index in [-0.39, 0.29) is 37.8 Å². The minimum atomic E-state index is -0.837. The van der Waals surface area contributed by atoms with Gasteiger partial charge in [-0.1, -0.05) is 0 Å². The molecular weight excluding hydrogens is 244 g/mol. The lowest BCUT2D eigenvalue weighted by Gasteiger charge is -2.05. The van der Waals surface area contributed by atoms with Gasteiger partial charge in [-0.15, -0.1) is 0 Å². The molecule has 0 atom stereocenters. The van der Waals surface area contributed by atoms with E-state index in [4.69, 9.17) is 5.11 Å². The molecule has 104 valence electrons. The predicted octanol–water partition coefficient (Wildman–Crippen LogP) is 0.434. The Balaban J connectivity index is 3.38. The molecule has 0 unspecified atom stereocenters. The second-order valence-corrected chi connectivity index (χ2v) is 3.43. The number of carbonyl (C=O) groups is 3. The Labute approximate surface area is 105 Å². The third-order valence-electron chi connectivity index (χ3n) is 1.97. The van der Waals surface area contributed by atoms with Gasteiger partial charge in [0.2, 0.25) is 0 Å². The van der Waals surface area contributed by atoms with Crippen LogP contribution in [0.25, 0.3) is 0 Å². The molecule has 0 aliphatic carbocycles. The van der Waals surface area contributed by atoms with E-state index in [0.29, 0.717) is 12.8 Å². The molecule has 0 amide bonds. The number of esters is 1. The number of hydrogen-bond acceptors (Lipinski definition) is 7. The van der Waals surface area contributed by atoms with Gasteiger partial charge in [-0.25, -0.2) is 4.79 Å². The molecule has 0 aliphatic rings. The summed E-state index contributed by atoms with van der Waals surface area (Å²) >= 11 is 0. The van der Waals surface area contributed by atoms with Crippen LogP contribution in [-0.4, -0.2) is 49.9 Å². The minimum absolute atomic E-state index is 0.0571. The molecular formula is C11H18O7. The normalized spacial score (nSPS) is 9.67. The van der Waals surface area contributed by atoms with E-state index in [9.17, 15) is 14.4 Å². The molecule has 0 aromatic heterocycles. The minimum Gasteiger partial charge on any atom is -0.469 e. The second-order valence-electron chi connectivity index (χ2n) is 3.43. The van der Waals surface area contributed by atoms with Crippen molar-refractivity contribution in [2.75, 3.05) is 26.9 Å². The predicted molar refractivity (Wildman–Crippen MR) is 59.9 cm³/mol. The van der Waals surface area contributed by atoms with Crippen molar-refractivity contribution in [3.05, 3.63) is 0 Å². The van der Waals surface area contributed by atoms with Crippen molar-refractivity contribution in [2.24, 2.45) is 0 Å². The van der Waals surface area contributed by atoms with Crippen LogP contribution in [0.5, 0.6) is 0 Å². The summed E-state index contributed by atoms with van der Waals surface area (Å²) in [5.74, 6) is -0.667. The number of hydrogen-bond donors (Lipinski definition) is 1. The van der Waals surface area contributed by atoms with Crippen molar-refractivity contribution in [1.82, 2.24) is 0 Å². The van der Waals surface area contributed by atoms with Crippen LogP contribution in [0.2, 0.25) is 0 Å². The number of ether oxygens (including phenoxy) is 3. The lowest BCUT2D eigenvalue weighted by molar-refractivity contribution is -0.141. The number of aliphatic hydroxyl groups excluding tert-OH is 1. The summed E-state index contributed by atoms with van der Waals surface area (Å²) in [6.07, 6.45) is 0.207. The number of Topliss-reactive ketones (excluding diaryl/α,β-unsaturated/α-hetero) is 1. The van der Waals surface area contributed by atoms with Gasteiger partial charge >= 0.3 is 12.1 Å². The van der Waals surface area contributed by atoms with Gasteiger partial charge < -0.3 is 19.3 Å². The first-order chi connectivity index (χ1) is 8.60. The third-order valence-corrected chi connectivity index (χ3v) is 1.97. The van der Waals surface area contributed by atoms with Crippen LogP contribution in [0.3, 0.4) is 0 Å². The average Bonchev–Trinajstić information content (AvgIpc) is 2.38. The molecule has 0 fully saturated rings. The van der Waals surface area contributed by atoms with E-state index in [1.165, 1.54) is 7.11 Å². The van der Waals surface area contributed by atoms with E-state index in [0.717, 1.165) is 0 Å². The highest BCUT2D eigenvalue weighted by Gasteiger charge is 2.06. The molecule has 0 saturated carbocycles. The molecule has 0 heterocycles. The first-order valence-corrected chi connectivity index (χ1v) is 5.59. The molecule has 0 aliphatic heterocycles. The highest BCUT2D eigenvalue weighted by atomic mass is 16.7. The fraction of sp³-hybridized carbons (Fsp3) is 0.727. The number of ketones is 1. The summed E-state index contributed by atoms with van der Waals surface area (Å²) < 4.78 is 13.7. The standard InChI is InChI=1S/C11H18O7/c1-16-10(14)5-3-7-18-11(15)17-6-2-4-9(13)8-12/h12H,2-8H2,1H3. The van der Waals surface area contributed by atoms with Gasteiger partial charge in [0.1, 0.15) is 6.61 Å². The van der Waals surface area contributed by atoms with Crippen molar-refractivity contribution >= 4 is 17.9 Å². The van der Waals surface area contributed by atoms with Crippen LogP contribution in [0.4, 0.5) is 4.79 Å². The fourth-order valence-corrected chi connectivity index (χ4v) is 1.02. The second kappa shape index (κ2) is 10.5. The number of aliphatic hydroxyl groups is 1. The van der Waals surface area contributed by atoms with Crippen molar-refractivity contribution in [3.63, 3.8) is 0 Å². The summed E-state index contributed by atoms with van der Waals surface area (Å²) in [7, 11) is 1.28. The molecule has 0 rings (SSSR count). The number of methoxy groups -OCH3 is 1. The Kier molecular flexibility index (Phi) is 9.57. The van der Waals surface area contributed by atoms with Crippen molar-refractivity contribution in [1.29, 1.82) is 0 Å².